The lowest BCUT2D eigenvalue weighted by atomic mass is 9.94. The SMILES string of the molecule is N#Cc1ccc(-c2ccc3cccc(-c4ccc(-c5nc(-c6ccccc6)nc(-c6ccccc6)n5)cc4)c3c2)cc1. The summed E-state index contributed by atoms with van der Waals surface area (Å²) in [5.74, 6) is 1.93. The van der Waals surface area contributed by atoms with Gasteiger partial charge in [0.25, 0.3) is 0 Å². The van der Waals surface area contributed by atoms with Crippen LogP contribution in [0.1, 0.15) is 5.56 Å². The minimum Gasteiger partial charge on any atom is -0.208 e. The Bertz CT molecular complexity index is 2000. The van der Waals surface area contributed by atoms with Crippen LogP contribution in [-0.4, -0.2) is 15.0 Å². The van der Waals surface area contributed by atoms with Crippen LogP contribution in [0.25, 0.3) is 67.2 Å². The molecule has 6 aromatic carbocycles. The molecular formula is C38H24N4. The number of fused-ring (bicyclic) bond motifs is 1. The number of aromatic nitrogens is 3. The first-order chi connectivity index (χ1) is 20.7. The topological polar surface area (TPSA) is 62.5 Å². The largest absolute Gasteiger partial charge is 0.208 e. The molecule has 1 aromatic heterocycles. The summed E-state index contributed by atoms with van der Waals surface area (Å²) in [4.78, 5) is 14.5. The first kappa shape index (κ1) is 25.1. The fourth-order valence-electron chi connectivity index (χ4n) is 5.18. The highest BCUT2D eigenvalue weighted by Crippen LogP contribution is 2.34. The summed E-state index contributed by atoms with van der Waals surface area (Å²) in [5.41, 5.74) is 7.94. The predicted octanol–water partition coefficient (Wildman–Crippen LogP) is 9.23. The van der Waals surface area contributed by atoms with Crippen molar-refractivity contribution in [1.82, 2.24) is 15.0 Å². The van der Waals surface area contributed by atoms with Gasteiger partial charge in [0.15, 0.2) is 17.5 Å². The van der Waals surface area contributed by atoms with Gasteiger partial charge in [0.2, 0.25) is 0 Å². The van der Waals surface area contributed by atoms with E-state index in [1.54, 1.807) is 0 Å². The number of rotatable bonds is 5. The average molecular weight is 537 g/mol. The van der Waals surface area contributed by atoms with Crippen molar-refractivity contribution < 1.29 is 0 Å². The molecular weight excluding hydrogens is 512 g/mol. The molecule has 1 heterocycles. The van der Waals surface area contributed by atoms with Crippen molar-refractivity contribution in [2.45, 2.75) is 0 Å². The number of nitrogens with zero attached hydrogens (tertiary/aromatic N) is 4. The van der Waals surface area contributed by atoms with E-state index >= 15 is 0 Å². The molecule has 0 radical (unpaired) electrons. The minimum atomic E-state index is 0.635. The molecule has 0 bridgehead atoms. The van der Waals surface area contributed by atoms with Crippen LogP contribution in [0.5, 0.6) is 0 Å². The summed E-state index contributed by atoms with van der Waals surface area (Å²) >= 11 is 0. The van der Waals surface area contributed by atoms with Crippen molar-refractivity contribution >= 4 is 10.8 Å². The second-order valence-electron chi connectivity index (χ2n) is 10.0. The van der Waals surface area contributed by atoms with E-state index in [0.29, 0.717) is 23.0 Å². The standard InChI is InChI=1S/C38H24N4/c39-25-26-14-16-27(17-15-26)33-23-20-28-12-7-13-34(35(28)24-33)29-18-21-32(22-19-29)38-41-36(30-8-3-1-4-9-30)40-37(42-38)31-10-5-2-6-11-31/h1-24H. The molecule has 4 nitrogen and oxygen atoms in total. The Morgan fingerprint density at radius 2 is 0.905 bits per heavy atom. The number of hydrogen-bond donors (Lipinski definition) is 0. The predicted molar refractivity (Wildman–Crippen MR) is 169 cm³/mol. The lowest BCUT2D eigenvalue weighted by Crippen LogP contribution is -2.00. The zero-order valence-electron chi connectivity index (χ0n) is 22.6. The summed E-state index contributed by atoms with van der Waals surface area (Å²) in [6.45, 7) is 0. The Morgan fingerprint density at radius 1 is 0.405 bits per heavy atom. The van der Waals surface area contributed by atoms with Crippen molar-refractivity contribution in [2.24, 2.45) is 0 Å². The molecule has 0 saturated carbocycles. The molecule has 0 saturated heterocycles. The lowest BCUT2D eigenvalue weighted by Gasteiger charge is -2.11. The fourth-order valence-corrected chi connectivity index (χ4v) is 5.18. The van der Waals surface area contributed by atoms with Gasteiger partial charge in [0.05, 0.1) is 11.6 Å². The minimum absolute atomic E-state index is 0.635. The molecule has 0 aliphatic rings. The van der Waals surface area contributed by atoms with Gasteiger partial charge in [0.1, 0.15) is 0 Å². The zero-order chi connectivity index (χ0) is 28.3. The zero-order valence-corrected chi connectivity index (χ0v) is 22.6. The normalized spacial score (nSPS) is 10.8. The molecule has 0 atom stereocenters. The van der Waals surface area contributed by atoms with E-state index in [0.717, 1.165) is 38.9 Å². The van der Waals surface area contributed by atoms with Crippen LogP contribution >= 0.6 is 0 Å². The number of hydrogen-bond acceptors (Lipinski definition) is 4. The maximum absolute atomic E-state index is 9.17. The molecule has 4 heteroatoms. The van der Waals surface area contributed by atoms with Crippen molar-refractivity contribution in [1.29, 1.82) is 5.26 Å². The summed E-state index contributed by atoms with van der Waals surface area (Å²) < 4.78 is 0. The van der Waals surface area contributed by atoms with Gasteiger partial charge in [-0.25, -0.2) is 15.0 Å². The van der Waals surface area contributed by atoms with Gasteiger partial charge in [0, 0.05) is 16.7 Å². The quantitative estimate of drug-likeness (QED) is 0.220. The molecule has 42 heavy (non-hydrogen) atoms. The van der Waals surface area contributed by atoms with Crippen molar-refractivity contribution in [3.05, 3.63) is 151 Å². The van der Waals surface area contributed by atoms with Gasteiger partial charge in [-0.2, -0.15) is 5.26 Å². The molecule has 7 aromatic rings. The molecule has 7 rings (SSSR count). The van der Waals surface area contributed by atoms with Crippen LogP contribution < -0.4 is 0 Å². The fraction of sp³-hybridized carbons (Fsp3) is 0. The molecule has 0 spiro atoms. The molecule has 0 amide bonds. The van der Waals surface area contributed by atoms with Crippen molar-refractivity contribution in [2.75, 3.05) is 0 Å². The Balaban J connectivity index is 1.29. The maximum atomic E-state index is 9.17. The Kier molecular flexibility index (Phi) is 6.52. The summed E-state index contributed by atoms with van der Waals surface area (Å²) in [6, 6.07) is 51.3. The smallest absolute Gasteiger partial charge is 0.164 e. The van der Waals surface area contributed by atoms with Crippen LogP contribution in [0.15, 0.2) is 146 Å². The van der Waals surface area contributed by atoms with E-state index in [9.17, 15) is 0 Å². The second kappa shape index (κ2) is 10.9. The van der Waals surface area contributed by atoms with Crippen LogP contribution in [0, 0.1) is 11.3 Å². The van der Waals surface area contributed by atoms with E-state index in [1.165, 1.54) is 10.8 Å². The number of nitriles is 1. The Morgan fingerprint density at radius 3 is 1.48 bits per heavy atom. The molecule has 0 unspecified atom stereocenters. The Hall–Kier alpha value is -5.92. The van der Waals surface area contributed by atoms with Gasteiger partial charge in [-0.3, -0.25) is 0 Å². The van der Waals surface area contributed by atoms with Gasteiger partial charge in [-0.05, 0) is 51.2 Å². The Labute approximate surface area is 244 Å². The van der Waals surface area contributed by atoms with Gasteiger partial charge >= 0.3 is 0 Å². The third-order valence-corrected chi connectivity index (χ3v) is 7.38. The summed E-state index contributed by atoms with van der Waals surface area (Å²) in [7, 11) is 0. The van der Waals surface area contributed by atoms with Crippen molar-refractivity contribution in [3.63, 3.8) is 0 Å². The average Bonchev–Trinajstić information content (AvgIpc) is 3.08. The first-order valence-electron chi connectivity index (χ1n) is 13.8. The molecule has 0 fully saturated rings. The van der Waals surface area contributed by atoms with Gasteiger partial charge < -0.3 is 0 Å². The molecule has 0 aliphatic carbocycles. The van der Waals surface area contributed by atoms with Crippen LogP contribution in [0.4, 0.5) is 0 Å². The van der Waals surface area contributed by atoms with E-state index in [4.69, 9.17) is 20.2 Å². The van der Waals surface area contributed by atoms with E-state index in [-0.39, 0.29) is 0 Å². The monoisotopic (exact) mass is 536 g/mol. The highest BCUT2D eigenvalue weighted by Gasteiger charge is 2.13. The van der Waals surface area contributed by atoms with Crippen LogP contribution in [-0.2, 0) is 0 Å². The maximum Gasteiger partial charge on any atom is 0.164 e. The summed E-state index contributed by atoms with van der Waals surface area (Å²) in [5, 5.41) is 11.5. The van der Waals surface area contributed by atoms with E-state index in [2.05, 4.69) is 66.7 Å². The second-order valence-corrected chi connectivity index (χ2v) is 10.0. The van der Waals surface area contributed by atoms with Crippen molar-refractivity contribution in [3.8, 4) is 62.5 Å². The van der Waals surface area contributed by atoms with Crippen LogP contribution in [0.2, 0.25) is 0 Å². The third-order valence-electron chi connectivity index (χ3n) is 7.38. The first-order valence-corrected chi connectivity index (χ1v) is 13.8. The highest BCUT2D eigenvalue weighted by molar-refractivity contribution is 5.99. The van der Waals surface area contributed by atoms with Gasteiger partial charge in [-0.1, -0.05) is 127 Å². The molecule has 0 N–H and O–H groups in total. The third kappa shape index (κ3) is 4.92. The lowest BCUT2D eigenvalue weighted by molar-refractivity contribution is 1.07. The summed E-state index contributed by atoms with van der Waals surface area (Å²) in [6.07, 6.45) is 0. The molecule has 0 aliphatic heterocycles. The van der Waals surface area contributed by atoms with Gasteiger partial charge in [-0.15, -0.1) is 0 Å². The van der Waals surface area contributed by atoms with E-state index in [1.807, 2.05) is 84.9 Å². The van der Waals surface area contributed by atoms with E-state index < -0.39 is 0 Å². The number of benzene rings is 6. The molecule has 196 valence electrons. The highest BCUT2D eigenvalue weighted by atomic mass is 15.0. The van der Waals surface area contributed by atoms with Crippen LogP contribution in [0.3, 0.4) is 0 Å².